The lowest BCUT2D eigenvalue weighted by Crippen LogP contribution is -2.23. The predicted octanol–water partition coefficient (Wildman–Crippen LogP) is 2.46. The van der Waals surface area contributed by atoms with E-state index in [0.717, 1.165) is 0 Å². The molecule has 0 saturated heterocycles. The van der Waals surface area contributed by atoms with Crippen LogP contribution in [0, 0.1) is 0 Å². The van der Waals surface area contributed by atoms with Crippen LogP contribution in [0.3, 0.4) is 0 Å². The van der Waals surface area contributed by atoms with Crippen LogP contribution >= 0.6 is 0 Å². The third-order valence-corrected chi connectivity index (χ3v) is 6.88. The number of rotatable bonds is 9. The lowest BCUT2D eigenvalue weighted by molar-refractivity contribution is 0.0951. The van der Waals surface area contributed by atoms with Gasteiger partial charge < -0.3 is 10.1 Å². The first-order valence-electron chi connectivity index (χ1n) is 9.84. The molecule has 33 heavy (non-hydrogen) atoms. The van der Waals surface area contributed by atoms with Crippen molar-refractivity contribution in [3.63, 3.8) is 0 Å². The van der Waals surface area contributed by atoms with Gasteiger partial charge in [0, 0.05) is 17.8 Å². The second-order valence-electron chi connectivity index (χ2n) is 6.96. The Balaban J connectivity index is 1.60. The zero-order valence-electron chi connectivity index (χ0n) is 17.7. The summed E-state index contributed by atoms with van der Waals surface area (Å²) < 4.78 is 55.5. The van der Waals surface area contributed by atoms with E-state index in [2.05, 4.69) is 10.0 Å². The van der Waals surface area contributed by atoms with Crippen LogP contribution in [0.2, 0.25) is 0 Å². The molecule has 3 rings (SSSR count). The summed E-state index contributed by atoms with van der Waals surface area (Å²) in [5.41, 5.74) is 1.33. The molecule has 0 aliphatic rings. The Bertz CT molecular complexity index is 1320. The molecule has 3 aromatic rings. The number of nitrogens with one attached hydrogen (secondary N) is 2. The molecule has 0 saturated carbocycles. The maximum Gasteiger partial charge on any atom is 0.261 e. The van der Waals surface area contributed by atoms with Crippen LogP contribution in [0.15, 0.2) is 82.6 Å². The van der Waals surface area contributed by atoms with Gasteiger partial charge in [0.15, 0.2) is 0 Å². The Morgan fingerprint density at radius 3 is 1.97 bits per heavy atom. The third kappa shape index (κ3) is 6.54. The molecule has 0 unspecified atom stereocenters. The first-order valence-corrected chi connectivity index (χ1v) is 12.9. The number of benzene rings is 3. The number of nitrogens with two attached hydrogens (primary N) is 1. The molecule has 1 amide bonds. The maximum atomic E-state index is 12.6. The van der Waals surface area contributed by atoms with Crippen molar-refractivity contribution in [1.82, 2.24) is 5.32 Å². The third-order valence-electron chi connectivity index (χ3n) is 4.55. The number of carbonyl (C=O) groups is 1. The van der Waals surface area contributed by atoms with Gasteiger partial charge in [-0.1, -0.05) is 12.1 Å². The molecule has 0 fully saturated rings. The second-order valence-corrected chi connectivity index (χ2v) is 10.2. The van der Waals surface area contributed by atoms with Crippen molar-refractivity contribution in [2.75, 3.05) is 11.3 Å². The fourth-order valence-electron chi connectivity index (χ4n) is 2.87. The topological polar surface area (TPSA) is 145 Å². The maximum absolute atomic E-state index is 12.6. The van der Waals surface area contributed by atoms with Gasteiger partial charge in [-0.15, -0.1) is 0 Å². The Morgan fingerprint density at radius 2 is 1.42 bits per heavy atom. The normalized spacial score (nSPS) is 11.6. The molecular weight excluding hydrogens is 466 g/mol. The molecule has 0 aliphatic heterocycles. The summed E-state index contributed by atoms with van der Waals surface area (Å²) in [5.74, 6) is 0.207. The van der Waals surface area contributed by atoms with Crippen molar-refractivity contribution in [2.24, 2.45) is 5.14 Å². The first kappa shape index (κ1) is 24.2. The highest BCUT2D eigenvalue weighted by molar-refractivity contribution is 7.92. The number of sulfonamides is 2. The molecule has 174 valence electrons. The Morgan fingerprint density at radius 1 is 0.848 bits per heavy atom. The molecule has 0 spiro atoms. The van der Waals surface area contributed by atoms with Gasteiger partial charge in [-0.2, -0.15) is 0 Å². The quantitative estimate of drug-likeness (QED) is 0.421. The summed E-state index contributed by atoms with van der Waals surface area (Å²) in [5, 5.41) is 7.77. The fraction of sp³-hybridized carbons (Fsp3) is 0.136. The average molecular weight is 490 g/mol. The molecule has 9 nitrogen and oxygen atoms in total. The Kier molecular flexibility index (Phi) is 7.36. The first-order chi connectivity index (χ1) is 15.6. The van der Waals surface area contributed by atoms with E-state index >= 15 is 0 Å². The Labute approximate surface area is 192 Å². The molecule has 4 N–H and O–H groups in total. The van der Waals surface area contributed by atoms with Gasteiger partial charge in [-0.3, -0.25) is 9.52 Å². The van der Waals surface area contributed by atoms with Crippen LogP contribution in [0.25, 0.3) is 0 Å². The van der Waals surface area contributed by atoms with E-state index in [-0.39, 0.29) is 22.2 Å². The van der Waals surface area contributed by atoms with Crippen LogP contribution in [0.4, 0.5) is 5.69 Å². The predicted molar refractivity (Wildman–Crippen MR) is 124 cm³/mol. The van der Waals surface area contributed by atoms with Crippen molar-refractivity contribution < 1.29 is 26.4 Å². The minimum absolute atomic E-state index is 0.0131. The standard InChI is InChI=1S/C22H23N3O6S2/c1-2-31-19-9-13-21(14-10-19)33(29,30)25-18-7-5-17(6-8-18)22(26)24-15-16-3-11-20(12-4-16)32(23,27)28/h3-14,25H,2,15H2,1H3,(H,24,26)(H2,23,27,28). The van der Waals surface area contributed by atoms with Crippen LogP contribution in [0.1, 0.15) is 22.8 Å². The molecule has 0 radical (unpaired) electrons. The van der Waals surface area contributed by atoms with Gasteiger partial charge in [0.1, 0.15) is 5.75 Å². The lowest BCUT2D eigenvalue weighted by Gasteiger charge is -2.10. The van der Waals surface area contributed by atoms with Crippen LogP contribution in [-0.2, 0) is 26.6 Å². The number of carbonyl (C=O) groups excluding carboxylic acids is 1. The van der Waals surface area contributed by atoms with E-state index < -0.39 is 20.0 Å². The monoisotopic (exact) mass is 489 g/mol. The zero-order chi connectivity index (χ0) is 24.1. The van der Waals surface area contributed by atoms with E-state index in [1.807, 2.05) is 6.92 Å². The van der Waals surface area contributed by atoms with Gasteiger partial charge >= 0.3 is 0 Å². The molecule has 3 aromatic carbocycles. The minimum atomic E-state index is -3.80. The van der Waals surface area contributed by atoms with E-state index in [1.165, 1.54) is 48.5 Å². The summed E-state index contributed by atoms with van der Waals surface area (Å²) >= 11 is 0. The minimum Gasteiger partial charge on any atom is -0.494 e. The largest absolute Gasteiger partial charge is 0.494 e. The summed E-state index contributed by atoms with van der Waals surface area (Å²) in [6, 6.07) is 17.9. The Hall–Kier alpha value is -3.41. The molecule has 0 heterocycles. The van der Waals surface area contributed by atoms with Gasteiger partial charge in [-0.05, 0) is 73.2 Å². The lowest BCUT2D eigenvalue weighted by atomic mass is 10.2. The van der Waals surface area contributed by atoms with Crippen molar-refractivity contribution in [3.8, 4) is 5.75 Å². The highest BCUT2D eigenvalue weighted by Crippen LogP contribution is 2.20. The van der Waals surface area contributed by atoms with Crippen LogP contribution in [-0.4, -0.2) is 29.3 Å². The number of amides is 1. The van der Waals surface area contributed by atoms with Crippen molar-refractivity contribution in [2.45, 2.75) is 23.3 Å². The van der Waals surface area contributed by atoms with Crippen molar-refractivity contribution >= 4 is 31.6 Å². The average Bonchev–Trinajstić information content (AvgIpc) is 2.78. The molecule has 11 heteroatoms. The molecular formula is C22H23N3O6S2. The zero-order valence-corrected chi connectivity index (χ0v) is 19.3. The molecule has 0 atom stereocenters. The summed E-state index contributed by atoms with van der Waals surface area (Å²) in [6.07, 6.45) is 0. The molecule has 0 aliphatic carbocycles. The van der Waals surface area contributed by atoms with Gasteiger partial charge in [-0.25, -0.2) is 22.0 Å². The smallest absolute Gasteiger partial charge is 0.261 e. The van der Waals surface area contributed by atoms with Gasteiger partial charge in [0.2, 0.25) is 10.0 Å². The number of hydrogen-bond donors (Lipinski definition) is 3. The number of hydrogen-bond acceptors (Lipinski definition) is 6. The molecule has 0 bridgehead atoms. The SMILES string of the molecule is CCOc1ccc(S(=O)(=O)Nc2ccc(C(=O)NCc3ccc(S(N)(=O)=O)cc3)cc2)cc1. The van der Waals surface area contributed by atoms with Crippen molar-refractivity contribution in [3.05, 3.63) is 83.9 Å². The van der Waals surface area contributed by atoms with E-state index in [4.69, 9.17) is 9.88 Å². The molecule has 0 aromatic heterocycles. The number of primary sulfonamides is 1. The number of anilines is 1. The summed E-state index contributed by atoms with van der Waals surface area (Å²) in [4.78, 5) is 12.4. The number of ether oxygens (including phenoxy) is 1. The van der Waals surface area contributed by atoms with Crippen molar-refractivity contribution in [1.29, 1.82) is 0 Å². The fourth-order valence-corrected chi connectivity index (χ4v) is 4.44. The van der Waals surface area contributed by atoms with E-state index in [0.29, 0.717) is 29.2 Å². The van der Waals surface area contributed by atoms with E-state index in [9.17, 15) is 21.6 Å². The summed E-state index contributed by atoms with van der Waals surface area (Å²) in [7, 11) is -7.57. The van der Waals surface area contributed by atoms with Crippen LogP contribution < -0.4 is 19.9 Å². The highest BCUT2D eigenvalue weighted by atomic mass is 32.2. The van der Waals surface area contributed by atoms with Gasteiger partial charge in [0.05, 0.1) is 16.4 Å². The van der Waals surface area contributed by atoms with E-state index in [1.54, 1.807) is 24.3 Å². The van der Waals surface area contributed by atoms with Gasteiger partial charge in [0.25, 0.3) is 15.9 Å². The summed E-state index contributed by atoms with van der Waals surface area (Å²) in [6.45, 7) is 2.50. The van der Waals surface area contributed by atoms with Crippen LogP contribution in [0.5, 0.6) is 5.75 Å². The second kappa shape index (κ2) is 10.0. The highest BCUT2D eigenvalue weighted by Gasteiger charge is 2.15.